The third-order valence-electron chi connectivity index (χ3n) is 7.47. The first kappa shape index (κ1) is 25.7. The minimum atomic E-state index is -0.559. The van der Waals surface area contributed by atoms with Crippen molar-refractivity contribution in [1.29, 1.82) is 0 Å². The van der Waals surface area contributed by atoms with Crippen molar-refractivity contribution in [2.45, 2.75) is 31.3 Å². The zero-order valence-corrected chi connectivity index (χ0v) is 22.0. The Labute approximate surface area is 226 Å². The van der Waals surface area contributed by atoms with Crippen LogP contribution in [0.3, 0.4) is 0 Å². The van der Waals surface area contributed by atoms with Gasteiger partial charge in [-0.1, -0.05) is 24.3 Å². The van der Waals surface area contributed by atoms with Gasteiger partial charge in [0.2, 0.25) is 0 Å². The maximum atomic E-state index is 16.3. The Bertz CT molecular complexity index is 1470. The molecule has 39 heavy (non-hydrogen) atoms. The SMILES string of the molecule is COCCNCCCOc1nc(N2CC3CCC(C2)N3)c2cnc(-c3cc(O)cc4ccccc34)c(F)c2n1. The van der Waals surface area contributed by atoms with Crippen LogP contribution in [0.4, 0.5) is 10.2 Å². The van der Waals surface area contributed by atoms with Gasteiger partial charge in [0, 0.05) is 50.6 Å². The predicted molar refractivity (Wildman–Crippen MR) is 149 cm³/mol. The van der Waals surface area contributed by atoms with Crippen LogP contribution in [0.2, 0.25) is 0 Å². The maximum absolute atomic E-state index is 16.3. The molecule has 0 aliphatic carbocycles. The van der Waals surface area contributed by atoms with Gasteiger partial charge in [0.05, 0.1) is 18.6 Å². The fraction of sp³-hybridized carbons (Fsp3) is 0.414. The molecule has 2 aliphatic rings. The summed E-state index contributed by atoms with van der Waals surface area (Å²) in [5.74, 6) is 0.134. The fourth-order valence-corrected chi connectivity index (χ4v) is 5.64. The number of pyridine rings is 1. The number of piperazine rings is 1. The van der Waals surface area contributed by atoms with E-state index in [2.05, 4.69) is 25.5 Å². The van der Waals surface area contributed by atoms with E-state index in [1.165, 1.54) is 0 Å². The number of phenols is 1. The van der Waals surface area contributed by atoms with Crippen molar-refractivity contribution in [1.82, 2.24) is 25.6 Å². The summed E-state index contributed by atoms with van der Waals surface area (Å²) < 4.78 is 27.3. The van der Waals surface area contributed by atoms with E-state index < -0.39 is 5.82 Å². The van der Waals surface area contributed by atoms with Gasteiger partial charge in [-0.2, -0.15) is 9.97 Å². The van der Waals surface area contributed by atoms with Crippen molar-refractivity contribution in [2.75, 3.05) is 51.4 Å². The molecule has 6 rings (SSSR count). The molecule has 0 saturated carbocycles. The number of nitrogens with one attached hydrogen (secondary N) is 2. The molecule has 4 heterocycles. The van der Waals surface area contributed by atoms with Crippen molar-refractivity contribution in [2.24, 2.45) is 0 Å². The van der Waals surface area contributed by atoms with Crippen molar-refractivity contribution in [3.05, 3.63) is 48.4 Å². The summed E-state index contributed by atoms with van der Waals surface area (Å²) in [4.78, 5) is 16.0. The second kappa shape index (κ2) is 11.3. The minimum absolute atomic E-state index is 0.0489. The first-order valence-electron chi connectivity index (χ1n) is 13.5. The Kier molecular flexibility index (Phi) is 7.40. The first-order valence-corrected chi connectivity index (χ1v) is 13.5. The van der Waals surface area contributed by atoms with E-state index in [4.69, 9.17) is 14.5 Å². The molecule has 10 heteroatoms. The Morgan fingerprint density at radius 2 is 1.90 bits per heavy atom. The molecule has 0 amide bonds. The van der Waals surface area contributed by atoms with Crippen LogP contribution in [0.15, 0.2) is 42.6 Å². The molecule has 2 aliphatic heterocycles. The lowest BCUT2D eigenvalue weighted by molar-refractivity contribution is 0.198. The number of fused-ring (bicyclic) bond motifs is 4. The number of aromatic hydroxyl groups is 1. The Hall–Kier alpha value is -3.60. The van der Waals surface area contributed by atoms with Gasteiger partial charge in [0.1, 0.15) is 22.8 Å². The van der Waals surface area contributed by atoms with E-state index in [0.717, 1.165) is 56.2 Å². The number of benzene rings is 2. The first-order chi connectivity index (χ1) is 19.1. The van der Waals surface area contributed by atoms with Crippen LogP contribution in [0.5, 0.6) is 11.8 Å². The van der Waals surface area contributed by atoms with E-state index >= 15 is 4.39 Å². The molecular weight excluding hydrogens is 499 g/mol. The van der Waals surface area contributed by atoms with Crippen LogP contribution in [-0.4, -0.2) is 78.6 Å². The summed E-state index contributed by atoms with van der Waals surface area (Å²) in [7, 11) is 1.67. The van der Waals surface area contributed by atoms with E-state index in [9.17, 15) is 5.11 Å². The molecule has 2 bridgehead atoms. The molecule has 2 saturated heterocycles. The molecule has 0 spiro atoms. The van der Waals surface area contributed by atoms with Crippen LogP contribution in [0, 0.1) is 5.82 Å². The van der Waals surface area contributed by atoms with Crippen LogP contribution in [0.25, 0.3) is 32.9 Å². The number of nitrogens with zero attached hydrogens (tertiary/aromatic N) is 4. The van der Waals surface area contributed by atoms with Gasteiger partial charge in [-0.25, -0.2) is 4.39 Å². The van der Waals surface area contributed by atoms with Crippen molar-refractivity contribution in [3.8, 4) is 23.0 Å². The highest BCUT2D eigenvalue weighted by Crippen LogP contribution is 2.37. The molecule has 3 N–H and O–H groups in total. The van der Waals surface area contributed by atoms with Gasteiger partial charge in [-0.05, 0) is 48.7 Å². The van der Waals surface area contributed by atoms with Crippen LogP contribution >= 0.6 is 0 Å². The molecule has 9 nitrogen and oxygen atoms in total. The molecule has 204 valence electrons. The minimum Gasteiger partial charge on any atom is -0.508 e. The number of aromatic nitrogens is 3. The van der Waals surface area contributed by atoms with Gasteiger partial charge in [-0.3, -0.25) is 4.98 Å². The van der Waals surface area contributed by atoms with Crippen molar-refractivity contribution in [3.63, 3.8) is 0 Å². The molecule has 2 aromatic carbocycles. The number of anilines is 1. The topological polar surface area (TPSA) is 105 Å². The smallest absolute Gasteiger partial charge is 0.319 e. The van der Waals surface area contributed by atoms with Gasteiger partial charge >= 0.3 is 6.01 Å². The number of methoxy groups -OCH3 is 1. The molecule has 2 atom stereocenters. The summed E-state index contributed by atoms with van der Waals surface area (Å²) in [6, 6.07) is 11.7. The quantitative estimate of drug-likeness (QED) is 0.264. The van der Waals surface area contributed by atoms with E-state index in [-0.39, 0.29) is 23.0 Å². The van der Waals surface area contributed by atoms with Gasteiger partial charge in [-0.15, -0.1) is 0 Å². The Morgan fingerprint density at radius 1 is 1.08 bits per heavy atom. The largest absolute Gasteiger partial charge is 0.508 e. The summed E-state index contributed by atoms with van der Waals surface area (Å²) >= 11 is 0. The van der Waals surface area contributed by atoms with Crippen LogP contribution in [0.1, 0.15) is 19.3 Å². The number of phenolic OH excluding ortho intramolecular Hbond substituents is 1. The standard InChI is InChI=1S/C29H33FN6O3/c1-38-12-10-31-9-4-11-39-29-34-27-24(28(35-29)36-16-19-7-8-20(17-36)33-19)15-32-26(25(27)30)23-14-21(37)13-18-5-2-3-6-22(18)23/h2-3,5-6,13-15,19-20,31,33,37H,4,7-12,16-17H2,1H3. The predicted octanol–water partition coefficient (Wildman–Crippen LogP) is 3.64. The molecule has 2 fully saturated rings. The second-order valence-electron chi connectivity index (χ2n) is 10.2. The van der Waals surface area contributed by atoms with Gasteiger partial charge in [0.25, 0.3) is 0 Å². The normalized spacial score (nSPS) is 18.8. The van der Waals surface area contributed by atoms with Crippen LogP contribution in [-0.2, 0) is 4.74 Å². The summed E-state index contributed by atoms with van der Waals surface area (Å²) in [5.41, 5.74) is 0.805. The lowest BCUT2D eigenvalue weighted by Crippen LogP contribution is -2.51. The lowest BCUT2D eigenvalue weighted by atomic mass is 10.0. The highest BCUT2D eigenvalue weighted by molar-refractivity contribution is 5.99. The summed E-state index contributed by atoms with van der Waals surface area (Å²) in [5, 5.41) is 19.4. The van der Waals surface area contributed by atoms with E-state index in [1.807, 2.05) is 24.3 Å². The van der Waals surface area contributed by atoms with Crippen molar-refractivity contribution < 1.29 is 19.0 Å². The number of rotatable bonds is 10. The fourth-order valence-electron chi connectivity index (χ4n) is 5.64. The van der Waals surface area contributed by atoms with Gasteiger partial charge in [0.15, 0.2) is 5.82 Å². The molecule has 0 radical (unpaired) electrons. The molecule has 2 aromatic heterocycles. The second-order valence-corrected chi connectivity index (χ2v) is 10.2. The maximum Gasteiger partial charge on any atom is 0.319 e. The van der Waals surface area contributed by atoms with E-state index in [1.54, 1.807) is 25.4 Å². The number of ether oxygens (including phenoxy) is 2. The highest BCUT2D eigenvalue weighted by atomic mass is 19.1. The zero-order chi connectivity index (χ0) is 26.8. The summed E-state index contributed by atoms with van der Waals surface area (Å²) in [6.45, 7) is 4.14. The van der Waals surface area contributed by atoms with E-state index in [0.29, 0.717) is 42.1 Å². The Morgan fingerprint density at radius 3 is 2.72 bits per heavy atom. The third-order valence-corrected chi connectivity index (χ3v) is 7.47. The summed E-state index contributed by atoms with van der Waals surface area (Å²) in [6.07, 6.45) is 4.63. The Balaban J connectivity index is 1.38. The molecule has 4 aromatic rings. The number of hydrogen-bond acceptors (Lipinski definition) is 9. The molecular formula is C29H33FN6O3. The van der Waals surface area contributed by atoms with Crippen LogP contribution < -0.4 is 20.3 Å². The highest BCUT2D eigenvalue weighted by Gasteiger charge is 2.34. The van der Waals surface area contributed by atoms with Crippen molar-refractivity contribution >= 4 is 27.5 Å². The lowest BCUT2D eigenvalue weighted by Gasteiger charge is -2.34. The number of halogens is 1. The monoisotopic (exact) mass is 532 g/mol. The third kappa shape index (κ3) is 5.32. The average molecular weight is 533 g/mol. The molecule has 2 unspecified atom stereocenters. The number of hydrogen-bond donors (Lipinski definition) is 3. The van der Waals surface area contributed by atoms with Gasteiger partial charge < -0.3 is 30.1 Å². The average Bonchev–Trinajstić information content (AvgIpc) is 3.29. The zero-order valence-electron chi connectivity index (χ0n) is 22.0.